The Bertz CT molecular complexity index is 394. The number of halogens is 1. The van der Waals surface area contributed by atoms with E-state index in [-0.39, 0.29) is 10.8 Å². The predicted molar refractivity (Wildman–Crippen MR) is 83.7 cm³/mol. The topological polar surface area (TPSA) is 29.1 Å². The van der Waals surface area contributed by atoms with Crippen molar-refractivity contribution in [1.29, 1.82) is 0 Å². The first-order valence-electron chi connectivity index (χ1n) is 7.07. The number of Topliss-reactive ketones (excluding diaryl/α,β-unsaturated/α-hetero) is 1. The molecule has 0 heterocycles. The molecule has 0 aromatic carbocycles. The average molecular weight is 302 g/mol. The van der Waals surface area contributed by atoms with Gasteiger partial charge in [-0.2, -0.15) is 11.8 Å². The monoisotopic (exact) mass is 301 g/mol. The number of carbonyl (C=O) groups excluding carboxylic acids is 1. The lowest BCUT2D eigenvalue weighted by molar-refractivity contribution is -0.125. The Hall–Kier alpha value is -0.150. The van der Waals surface area contributed by atoms with E-state index in [9.17, 15) is 4.79 Å². The van der Waals surface area contributed by atoms with Gasteiger partial charge < -0.3 is 5.32 Å². The number of ketones is 1. The summed E-state index contributed by atoms with van der Waals surface area (Å²) in [5.41, 5.74) is 1.00. The molecule has 0 spiro atoms. The highest BCUT2D eigenvalue weighted by atomic mass is 35.5. The van der Waals surface area contributed by atoms with E-state index in [1.165, 1.54) is 0 Å². The van der Waals surface area contributed by atoms with E-state index in [0.29, 0.717) is 17.6 Å². The molecule has 2 aliphatic rings. The lowest BCUT2D eigenvalue weighted by Gasteiger charge is -2.31. The summed E-state index contributed by atoms with van der Waals surface area (Å²) in [6.07, 6.45) is 4.19. The molecule has 2 nitrogen and oxygen atoms in total. The average Bonchev–Trinajstić information content (AvgIpc) is 2.67. The van der Waals surface area contributed by atoms with Crippen molar-refractivity contribution in [2.45, 2.75) is 33.6 Å². The van der Waals surface area contributed by atoms with Crippen molar-refractivity contribution < 1.29 is 4.79 Å². The van der Waals surface area contributed by atoms with Crippen LogP contribution in [0.2, 0.25) is 0 Å². The number of alkyl halides is 1. The van der Waals surface area contributed by atoms with Crippen LogP contribution in [0.4, 0.5) is 0 Å². The van der Waals surface area contributed by atoms with E-state index in [1.807, 2.05) is 18.0 Å². The summed E-state index contributed by atoms with van der Waals surface area (Å²) in [7, 11) is 0. The third-order valence-corrected chi connectivity index (χ3v) is 6.63. The lowest BCUT2D eigenvalue weighted by atomic mass is 9.70. The quantitative estimate of drug-likeness (QED) is 0.463. The molecule has 2 unspecified atom stereocenters. The molecule has 0 aromatic heterocycles. The minimum Gasteiger partial charge on any atom is -0.390 e. The summed E-state index contributed by atoms with van der Waals surface area (Å²) in [5.74, 6) is 3.55. The zero-order valence-electron chi connectivity index (χ0n) is 12.1. The number of rotatable bonds is 6. The van der Waals surface area contributed by atoms with E-state index in [2.05, 4.69) is 26.1 Å². The van der Waals surface area contributed by atoms with Crippen molar-refractivity contribution in [3.05, 3.63) is 11.8 Å². The highest BCUT2D eigenvalue weighted by molar-refractivity contribution is 7.99. The highest BCUT2D eigenvalue weighted by Gasteiger charge is 2.63. The van der Waals surface area contributed by atoms with Crippen molar-refractivity contribution in [3.8, 4) is 0 Å². The molecule has 0 saturated heterocycles. The van der Waals surface area contributed by atoms with Crippen LogP contribution in [0, 0.1) is 16.7 Å². The fourth-order valence-corrected chi connectivity index (χ4v) is 4.47. The third-order valence-electron chi connectivity index (χ3n) is 5.23. The van der Waals surface area contributed by atoms with Crippen molar-refractivity contribution in [2.75, 3.05) is 23.9 Å². The number of fused-ring (bicyclic) bond motifs is 2. The summed E-state index contributed by atoms with van der Waals surface area (Å²) < 4.78 is 0. The molecule has 4 heteroatoms. The van der Waals surface area contributed by atoms with E-state index in [4.69, 9.17) is 11.6 Å². The molecular weight excluding hydrogens is 278 g/mol. The Balaban J connectivity index is 1.94. The largest absolute Gasteiger partial charge is 0.390 e. The molecule has 2 fully saturated rings. The second kappa shape index (κ2) is 5.69. The Morgan fingerprint density at radius 2 is 2.16 bits per heavy atom. The van der Waals surface area contributed by atoms with Crippen LogP contribution in [-0.2, 0) is 4.79 Å². The minimum absolute atomic E-state index is 0.116. The molecule has 0 aliphatic heterocycles. The van der Waals surface area contributed by atoms with Crippen LogP contribution in [0.25, 0.3) is 0 Å². The molecule has 2 rings (SSSR count). The zero-order chi connectivity index (χ0) is 14.1. The van der Waals surface area contributed by atoms with Crippen LogP contribution < -0.4 is 5.32 Å². The number of thioether (sulfide) groups is 1. The maximum Gasteiger partial charge on any atom is 0.167 e. The zero-order valence-corrected chi connectivity index (χ0v) is 13.7. The smallest absolute Gasteiger partial charge is 0.167 e. The van der Waals surface area contributed by atoms with Crippen LogP contribution in [0.15, 0.2) is 11.8 Å². The standard InChI is InChI=1S/C15H24ClNOS/c1-14(2)12-4-5-15(14,3)13(18)11(12)10-17-7-9-19-8-6-16/h10,12,17H,4-9H2,1-3H3/b11-10-. The Morgan fingerprint density at radius 1 is 1.42 bits per heavy atom. The summed E-state index contributed by atoms with van der Waals surface area (Å²) >= 11 is 7.47. The molecule has 19 heavy (non-hydrogen) atoms. The van der Waals surface area contributed by atoms with Gasteiger partial charge in [-0.15, -0.1) is 11.6 Å². The molecule has 2 saturated carbocycles. The molecule has 2 bridgehead atoms. The second-order valence-corrected chi connectivity index (χ2v) is 7.93. The molecule has 2 aliphatic carbocycles. The Labute approximate surface area is 125 Å². The number of hydrogen-bond donors (Lipinski definition) is 1. The fraction of sp³-hybridized carbons (Fsp3) is 0.800. The van der Waals surface area contributed by atoms with Crippen molar-refractivity contribution in [2.24, 2.45) is 16.7 Å². The van der Waals surface area contributed by atoms with Crippen LogP contribution in [0.5, 0.6) is 0 Å². The summed E-state index contributed by atoms with van der Waals surface area (Å²) in [6, 6.07) is 0. The third kappa shape index (κ3) is 2.44. The van der Waals surface area contributed by atoms with Gasteiger partial charge in [0, 0.05) is 41.1 Å². The molecule has 1 N–H and O–H groups in total. The molecular formula is C15H24ClNOS. The minimum atomic E-state index is -0.140. The van der Waals surface area contributed by atoms with E-state index >= 15 is 0 Å². The van der Waals surface area contributed by atoms with Gasteiger partial charge in [0.1, 0.15) is 0 Å². The van der Waals surface area contributed by atoms with Gasteiger partial charge in [-0.1, -0.05) is 20.8 Å². The van der Waals surface area contributed by atoms with Gasteiger partial charge in [-0.05, 0) is 24.2 Å². The van der Waals surface area contributed by atoms with Gasteiger partial charge >= 0.3 is 0 Å². The van der Waals surface area contributed by atoms with Gasteiger partial charge in [-0.25, -0.2) is 0 Å². The molecule has 108 valence electrons. The van der Waals surface area contributed by atoms with Gasteiger partial charge in [0.2, 0.25) is 0 Å². The maximum absolute atomic E-state index is 12.5. The maximum atomic E-state index is 12.5. The first-order chi connectivity index (χ1) is 8.95. The summed E-state index contributed by atoms with van der Waals surface area (Å²) in [5, 5.41) is 3.31. The van der Waals surface area contributed by atoms with Crippen molar-refractivity contribution in [3.63, 3.8) is 0 Å². The van der Waals surface area contributed by atoms with E-state index < -0.39 is 0 Å². The van der Waals surface area contributed by atoms with E-state index in [0.717, 1.165) is 36.5 Å². The normalized spacial score (nSPS) is 34.2. The van der Waals surface area contributed by atoms with E-state index in [1.54, 1.807) is 0 Å². The molecule has 0 radical (unpaired) electrons. The summed E-state index contributed by atoms with van der Waals surface area (Å²) in [4.78, 5) is 12.5. The van der Waals surface area contributed by atoms with Gasteiger partial charge in [0.05, 0.1) is 0 Å². The second-order valence-electron chi connectivity index (χ2n) is 6.33. The van der Waals surface area contributed by atoms with Crippen molar-refractivity contribution >= 4 is 29.1 Å². The number of nitrogens with one attached hydrogen (secondary N) is 1. The van der Waals surface area contributed by atoms with Gasteiger partial charge in [0.15, 0.2) is 5.78 Å². The first kappa shape index (κ1) is 15.2. The predicted octanol–water partition coefficient (Wildman–Crippen LogP) is 3.46. The van der Waals surface area contributed by atoms with Gasteiger partial charge in [-0.3, -0.25) is 4.79 Å². The lowest BCUT2D eigenvalue weighted by Crippen LogP contribution is -2.32. The van der Waals surface area contributed by atoms with Crippen LogP contribution in [0.3, 0.4) is 0 Å². The van der Waals surface area contributed by atoms with Crippen LogP contribution in [-0.4, -0.2) is 29.7 Å². The Kier molecular flexibility index (Phi) is 4.56. The Morgan fingerprint density at radius 3 is 2.74 bits per heavy atom. The highest BCUT2D eigenvalue weighted by Crippen LogP contribution is 2.65. The SMILES string of the molecule is CC12CCC(/C(=C/NCCSCCCl)C1=O)C2(C)C. The molecule has 0 aromatic rings. The number of carbonyl (C=O) groups is 1. The molecule has 2 atom stereocenters. The molecule has 0 amide bonds. The number of hydrogen-bond acceptors (Lipinski definition) is 3. The summed E-state index contributed by atoms with van der Waals surface area (Å²) in [6.45, 7) is 7.55. The van der Waals surface area contributed by atoms with Crippen molar-refractivity contribution in [1.82, 2.24) is 5.32 Å². The van der Waals surface area contributed by atoms with Crippen LogP contribution >= 0.6 is 23.4 Å². The van der Waals surface area contributed by atoms with Gasteiger partial charge in [0.25, 0.3) is 0 Å². The van der Waals surface area contributed by atoms with Crippen LogP contribution in [0.1, 0.15) is 33.6 Å². The number of allylic oxidation sites excluding steroid dienone is 1. The fourth-order valence-electron chi connectivity index (χ4n) is 3.56. The first-order valence-corrected chi connectivity index (χ1v) is 8.76.